The minimum Gasteiger partial charge on any atom is -0.404 e. The Morgan fingerprint density at radius 2 is 1.89 bits per heavy atom. The van der Waals surface area contributed by atoms with Gasteiger partial charge in [-0.3, -0.25) is 9.59 Å². The van der Waals surface area contributed by atoms with Gasteiger partial charge in [-0.05, 0) is 79.9 Å². The summed E-state index contributed by atoms with van der Waals surface area (Å²) in [5, 5.41) is 13.6. The molecule has 13 heteroatoms. The van der Waals surface area contributed by atoms with Crippen molar-refractivity contribution in [2.75, 3.05) is 6.54 Å². The van der Waals surface area contributed by atoms with Gasteiger partial charge in [0.2, 0.25) is 5.91 Å². The van der Waals surface area contributed by atoms with Crippen molar-refractivity contribution in [2.24, 2.45) is 39.8 Å². The number of nitro groups is 1. The average Bonchev–Trinajstić information content (AvgIpc) is 3.30. The quantitative estimate of drug-likeness (QED) is 0.0666. The number of nitrogens with zero attached hydrogens (tertiary/aromatic N) is 2. The molecule has 4 aliphatic rings. The molecular weight excluding hydrogens is 585 g/mol. The second kappa shape index (κ2) is 13.7. The number of carbonyl (C=O) groups excluding carboxylic acids is 2. The minimum atomic E-state index is -0.783. The zero-order valence-electron chi connectivity index (χ0n) is 26.7. The van der Waals surface area contributed by atoms with Gasteiger partial charge in [0.1, 0.15) is 5.78 Å². The lowest BCUT2D eigenvalue weighted by Gasteiger charge is -2.64. The van der Waals surface area contributed by atoms with E-state index in [1.807, 2.05) is 24.5 Å². The molecular formula is C31H47BClN5O6. The largest absolute Gasteiger partial charge is 0.481 e. The third kappa shape index (κ3) is 7.57. The fourth-order valence-corrected chi connectivity index (χ4v) is 7.59. The van der Waals surface area contributed by atoms with Crippen LogP contribution in [0.5, 0.6) is 0 Å². The first-order valence-electron chi connectivity index (χ1n) is 15.7. The number of halogens is 1. The molecule has 1 amide bonds. The number of benzene rings is 1. The highest BCUT2D eigenvalue weighted by Crippen LogP contribution is 2.65. The standard InChI is InChI=1S/C31H47BClN5O6/c1-18(2)14-27(32-43-26-17-22-16-25(30(22,4)5)31(26,6)44-32)36-28(40)21(8-7-13-35-29(34)37-38(41)42)15-24(39)19(3)20-9-11-23(33)12-10-20/h9-12,18-19,21-22,25-27H,7-8,13-17H2,1-6H3,(H,36,40)(H3,34,35,37)/t19?,21-,22+,25+,26-,27+,31+/m1/s1. The van der Waals surface area contributed by atoms with Gasteiger partial charge in [0.25, 0.3) is 5.96 Å². The molecule has 1 heterocycles. The molecule has 4 N–H and O–H groups in total. The number of nitrogens with two attached hydrogens (primary N) is 1. The van der Waals surface area contributed by atoms with Crippen LogP contribution >= 0.6 is 11.6 Å². The van der Waals surface area contributed by atoms with Crippen LogP contribution in [-0.2, 0) is 18.9 Å². The van der Waals surface area contributed by atoms with Gasteiger partial charge in [-0.1, -0.05) is 63.8 Å². The van der Waals surface area contributed by atoms with Crippen molar-refractivity contribution in [1.29, 1.82) is 0 Å². The molecule has 1 aromatic carbocycles. The first kappa shape index (κ1) is 34.2. The van der Waals surface area contributed by atoms with Crippen molar-refractivity contribution in [3.05, 3.63) is 45.0 Å². The molecule has 2 bridgehead atoms. The monoisotopic (exact) mass is 631 g/mol. The highest BCUT2D eigenvalue weighted by atomic mass is 35.5. The van der Waals surface area contributed by atoms with E-state index in [1.165, 1.54) is 0 Å². The van der Waals surface area contributed by atoms with Gasteiger partial charge in [-0.25, -0.2) is 15.1 Å². The van der Waals surface area contributed by atoms with E-state index in [9.17, 15) is 19.7 Å². The van der Waals surface area contributed by atoms with Gasteiger partial charge in [-0.2, -0.15) is 0 Å². The Morgan fingerprint density at radius 3 is 2.50 bits per heavy atom. The van der Waals surface area contributed by atoms with Gasteiger partial charge in [0.15, 0.2) is 5.03 Å². The molecule has 1 aliphatic heterocycles. The van der Waals surface area contributed by atoms with Crippen LogP contribution in [0.25, 0.3) is 0 Å². The van der Waals surface area contributed by atoms with Crippen molar-refractivity contribution < 1.29 is 23.9 Å². The van der Waals surface area contributed by atoms with Gasteiger partial charge >= 0.3 is 7.12 Å². The zero-order valence-corrected chi connectivity index (χ0v) is 27.4. The molecule has 0 aromatic heterocycles. The topological polar surface area (TPSA) is 158 Å². The molecule has 1 aromatic rings. The Hall–Kier alpha value is -2.70. The second-order valence-electron chi connectivity index (χ2n) is 14.0. The number of Topliss-reactive ketones (excluding diaryl/α,β-unsaturated/α-hetero) is 1. The molecule has 1 unspecified atom stereocenters. The van der Waals surface area contributed by atoms with Crippen LogP contribution in [0.4, 0.5) is 0 Å². The summed E-state index contributed by atoms with van der Waals surface area (Å²) in [5.74, 6) is -0.794. The lowest BCUT2D eigenvalue weighted by Crippen LogP contribution is -2.65. The van der Waals surface area contributed by atoms with E-state index < -0.39 is 29.6 Å². The highest BCUT2D eigenvalue weighted by Gasteiger charge is 2.68. The number of carbonyl (C=O) groups is 2. The minimum absolute atomic E-state index is 0.00969. The Kier molecular flexibility index (Phi) is 10.7. The van der Waals surface area contributed by atoms with Crippen molar-refractivity contribution in [2.45, 2.75) is 104 Å². The van der Waals surface area contributed by atoms with E-state index in [4.69, 9.17) is 26.6 Å². The molecule has 242 valence electrons. The normalized spacial score (nSPS) is 27.6. The summed E-state index contributed by atoms with van der Waals surface area (Å²) < 4.78 is 13.3. The van der Waals surface area contributed by atoms with Gasteiger partial charge in [0.05, 0.1) is 17.6 Å². The predicted octanol–water partition coefficient (Wildman–Crippen LogP) is 4.69. The molecule has 7 atom stereocenters. The van der Waals surface area contributed by atoms with Crippen LogP contribution in [0.1, 0.15) is 91.5 Å². The van der Waals surface area contributed by atoms with E-state index >= 15 is 0 Å². The van der Waals surface area contributed by atoms with Gasteiger partial charge < -0.3 is 20.4 Å². The fraction of sp³-hybridized carbons (Fsp3) is 0.710. The average molecular weight is 632 g/mol. The SMILES string of the molecule is CC(C)C[C@H](NC(=O)[C@H](CCCN=C(N)N[N+](=O)[O-])CC(=O)C(C)c1ccc(Cl)cc1)B1O[C@@H]2C[C@@H]3C[C@@H](C3(C)C)[C@]2(C)O1. The van der Waals surface area contributed by atoms with Crippen LogP contribution in [0.15, 0.2) is 29.3 Å². The lowest BCUT2D eigenvalue weighted by atomic mass is 9.43. The van der Waals surface area contributed by atoms with E-state index in [2.05, 4.69) is 44.9 Å². The maximum Gasteiger partial charge on any atom is 0.481 e. The number of guanidine groups is 1. The Labute approximate surface area is 265 Å². The van der Waals surface area contributed by atoms with Crippen molar-refractivity contribution >= 4 is 36.4 Å². The van der Waals surface area contributed by atoms with Crippen molar-refractivity contribution in [1.82, 2.24) is 10.7 Å². The number of hydrogen-bond donors (Lipinski definition) is 3. The fourth-order valence-electron chi connectivity index (χ4n) is 7.47. The Balaban J connectivity index is 1.47. The molecule has 11 nitrogen and oxygen atoms in total. The number of hydrazine groups is 1. The van der Waals surface area contributed by atoms with Crippen molar-refractivity contribution in [3.63, 3.8) is 0 Å². The van der Waals surface area contributed by atoms with Crippen molar-refractivity contribution in [3.8, 4) is 0 Å². The van der Waals surface area contributed by atoms with Gasteiger partial charge in [0, 0.05) is 29.8 Å². The summed E-state index contributed by atoms with van der Waals surface area (Å²) in [7, 11) is -0.576. The number of amides is 1. The summed E-state index contributed by atoms with van der Waals surface area (Å²) in [6, 6.07) is 7.12. The molecule has 3 aliphatic carbocycles. The van der Waals surface area contributed by atoms with Crippen LogP contribution in [0.2, 0.25) is 5.02 Å². The predicted molar refractivity (Wildman–Crippen MR) is 170 cm³/mol. The summed E-state index contributed by atoms with van der Waals surface area (Å²) in [6.45, 7) is 13.0. The zero-order chi connectivity index (χ0) is 32.4. The molecule has 1 saturated heterocycles. The highest BCUT2D eigenvalue weighted by molar-refractivity contribution is 6.47. The Bertz CT molecular complexity index is 1250. The van der Waals surface area contributed by atoms with E-state index in [0.717, 1.165) is 18.4 Å². The number of hydrogen-bond acceptors (Lipinski definition) is 7. The smallest absolute Gasteiger partial charge is 0.404 e. The molecule has 5 rings (SSSR count). The molecule has 4 fully saturated rings. The van der Waals surface area contributed by atoms with E-state index in [0.29, 0.717) is 36.1 Å². The van der Waals surface area contributed by atoms with E-state index in [1.54, 1.807) is 12.1 Å². The number of ketones is 1. The molecule has 3 saturated carbocycles. The van der Waals surface area contributed by atoms with E-state index in [-0.39, 0.29) is 54.0 Å². The third-order valence-electron chi connectivity index (χ3n) is 10.2. The molecule has 0 spiro atoms. The second-order valence-corrected chi connectivity index (χ2v) is 14.4. The van der Waals surface area contributed by atoms with Crippen LogP contribution < -0.4 is 16.5 Å². The number of nitrogens with one attached hydrogen (secondary N) is 2. The molecule has 0 radical (unpaired) electrons. The summed E-state index contributed by atoms with van der Waals surface area (Å²) in [4.78, 5) is 42.0. The number of aliphatic imine (C=N–C) groups is 1. The first-order valence-corrected chi connectivity index (χ1v) is 16.1. The summed E-state index contributed by atoms with van der Waals surface area (Å²) >= 11 is 6.03. The lowest BCUT2D eigenvalue weighted by molar-refractivity contribution is -0.525. The summed E-state index contributed by atoms with van der Waals surface area (Å²) in [6.07, 6.45) is 3.52. The Morgan fingerprint density at radius 1 is 1.20 bits per heavy atom. The first-order chi connectivity index (χ1) is 20.6. The van der Waals surface area contributed by atoms with Crippen LogP contribution in [0.3, 0.4) is 0 Å². The van der Waals surface area contributed by atoms with Crippen LogP contribution in [0, 0.1) is 39.2 Å². The third-order valence-corrected chi connectivity index (χ3v) is 10.5. The summed E-state index contributed by atoms with van der Waals surface area (Å²) in [5.41, 5.74) is 7.98. The maximum atomic E-state index is 13.9. The number of rotatable bonds is 14. The van der Waals surface area contributed by atoms with Gasteiger partial charge in [-0.15, -0.1) is 0 Å². The maximum absolute atomic E-state index is 13.9. The van der Waals surface area contributed by atoms with Crippen LogP contribution in [-0.4, -0.2) is 54.0 Å². The molecule has 44 heavy (non-hydrogen) atoms.